The lowest BCUT2D eigenvalue weighted by atomic mass is 9.82. The zero-order chi connectivity index (χ0) is 16.4. The van der Waals surface area contributed by atoms with Crippen LogP contribution in [-0.4, -0.2) is 26.4 Å². The van der Waals surface area contributed by atoms with Crippen molar-refractivity contribution >= 4 is 5.65 Å². The molecule has 0 amide bonds. The van der Waals surface area contributed by atoms with E-state index in [1.807, 2.05) is 29.6 Å². The number of rotatable bonds is 6. The van der Waals surface area contributed by atoms with Crippen LogP contribution >= 0.6 is 0 Å². The smallest absolute Gasteiger partial charge is 0.155 e. The van der Waals surface area contributed by atoms with Crippen LogP contribution in [0.1, 0.15) is 44.3 Å². The summed E-state index contributed by atoms with van der Waals surface area (Å²) in [4.78, 5) is 0. The Morgan fingerprint density at radius 3 is 2.65 bits per heavy atom. The first-order chi connectivity index (χ1) is 11.0. The molecule has 5 heteroatoms. The zero-order valence-electron chi connectivity index (χ0n) is 14.3. The summed E-state index contributed by atoms with van der Waals surface area (Å²) in [6, 6.07) is 10.4. The number of aryl methyl sites for hydroxylation is 1. The molecule has 0 saturated heterocycles. The van der Waals surface area contributed by atoms with E-state index in [0.29, 0.717) is 13.0 Å². The summed E-state index contributed by atoms with van der Waals surface area (Å²) in [7, 11) is 0. The highest BCUT2D eigenvalue weighted by Crippen LogP contribution is 2.28. The summed E-state index contributed by atoms with van der Waals surface area (Å²) < 4.78 is 7.68. The number of nitrogens with one attached hydrogen (secondary N) is 1. The van der Waals surface area contributed by atoms with E-state index in [-0.39, 0.29) is 5.41 Å². The number of fused-ring (bicyclic) bond motifs is 1. The van der Waals surface area contributed by atoms with Crippen LogP contribution < -0.4 is 4.74 Å². The van der Waals surface area contributed by atoms with E-state index in [1.165, 1.54) is 5.56 Å². The summed E-state index contributed by atoms with van der Waals surface area (Å²) in [5.74, 6) is 1.78. The molecule has 0 spiro atoms. The van der Waals surface area contributed by atoms with Gasteiger partial charge in [-0.25, -0.2) is 0 Å². The normalized spacial score (nSPS) is 12.0. The first-order valence-electron chi connectivity index (χ1n) is 8.12. The van der Waals surface area contributed by atoms with Gasteiger partial charge in [-0.15, -0.1) is 0 Å². The molecule has 5 nitrogen and oxygen atoms in total. The molecule has 0 aliphatic heterocycles. The fourth-order valence-electron chi connectivity index (χ4n) is 2.57. The van der Waals surface area contributed by atoms with Gasteiger partial charge in [0, 0.05) is 12.5 Å². The maximum absolute atomic E-state index is 5.84. The molecule has 1 aromatic carbocycles. The lowest BCUT2D eigenvalue weighted by Crippen LogP contribution is -2.15. The Bertz CT molecular complexity index is 783. The van der Waals surface area contributed by atoms with Gasteiger partial charge in [-0.3, -0.25) is 5.10 Å². The number of aromatic nitrogens is 4. The molecule has 122 valence electrons. The van der Waals surface area contributed by atoms with Crippen molar-refractivity contribution in [3.63, 3.8) is 0 Å². The standard InChI is InChI=1S/C18H24N4O/c1-5-18(3,4)14-6-8-15(9-7-14)23-11-10-16-19-20-17-12-13(2)21-22(16)17/h6-9,12,20H,5,10-11H2,1-4H3. The number of hydrogen-bond acceptors (Lipinski definition) is 3. The van der Waals surface area contributed by atoms with Gasteiger partial charge in [0.05, 0.1) is 12.3 Å². The Kier molecular flexibility index (Phi) is 4.11. The van der Waals surface area contributed by atoms with Gasteiger partial charge in [-0.05, 0) is 36.5 Å². The molecule has 0 aliphatic rings. The number of H-pyrrole nitrogens is 1. The Labute approximate surface area is 136 Å². The average Bonchev–Trinajstić information content (AvgIpc) is 3.08. The van der Waals surface area contributed by atoms with Gasteiger partial charge in [0.15, 0.2) is 11.5 Å². The number of hydrogen-bond donors (Lipinski definition) is 1. The van der Waals surface area contributed by atoms with Crippen LogP contribution in [0.4, 0.5) is 0 Å². The number of aromatic amines is 1. The highest BCUT2D eigenvalue weighted by Gasteiger charge is 2.17. The third kappa shape index (κ3) is 3.23. The van der Waals surface area contributed by atoms with Gasteiger partial charge in [-0.1, -0.05) is 32.9 Å². The predicted molar refractivity (Wildman–Crippen MR) is 91.0 cm³/mol. The summed E-state index contributed by atoms with van der Waals surface area (Å²) in [5.41, 5.74) is 3.45. The largest absolute Gasteiger partial charge is 0.493 e. The Balaban J connectivity index is 1.60. The Morgan fingerprint density at radius 1 is 1.22 bits per heavy atom. The van der Waals surface area contributed by atoms with Gasteiger partial charge in [0.25, 0.3) is 0 Å². The summed E-state index contributed by atoms with van der Waals surface area (Å²) in [6.07, 6.45) is 1.83. The second kappa shape index (κ2) is 6.07. The molecule has 3 aromatic rings. The zero-order valence-corrected chi connectivity index (χ0v) is 14.3. The van der Waals surface area contributed by atoms with Crippen LogP contribution in [0.5, 0.6) is 5.75 Å². The topological polar surface area (TPSA) is 55.2 Å². The van der Waals surface area contributed by atoms with Crippen molar-refractivity contribution in [2.75, 3.05) is 6.61 Å². The van der Waals surface area contributed by atoms with Crippen LogP contribution in [0.25, 0.3) is 5.65 Å². The first kappa shape index (κ1) is 15.6. The Morgan fingerprint density at radius 2 is 1.96 bits per heavy atom. The SMILES string of the molecule is CCC(C)(C)c1ccc(OCCc2n[nH]c3cc(C)nn23)cc1. The lowest BCUT2D eigenvalue weighted by molar-refractivity contribution is 0.317. The highest BCUT2D eigenvalue weighted by atomic mass is 16.5. The van der Waals surface area contributed by atoms with Crippen LogP contribution in [0.3, 0.4) is 0 Å². The van der Waals surface area contributed by atoms with Crippen molar-refractivity contribution in [3.05, 3.63) is 47.4 Å². The number of benzene rings is 1. The van der Waals surface area contributed by atoms with E-state index >= 15 is 0 Å². The van der Waals surface area contributed by atoms with Crippen LogP contribution in [0, 0.1) is 6.92 Å². The van der Waals surface area contributed by atoms with Crippen molar-refractivity contribution in [3.8, 4) is 5.75 Å². The molecule has 0 fully saturated rings. The van der Waals surface area contributed by atoms with Crippen LogP contribution in [0.15, 0.2) is 30.3 Å². The summed E-state index contributed by atoms with van der Waals surface area (Å²) in [6.45, 7) is 9.29. The molecular weight excluding hydrogens is 288 g/mol. The van der Waals surface area contributed by atoms with E-state index in [4.69, 9.17) is 4.74 Å². The van der Waals surface area contributed by atoms with E-state index in [1.54, 1.807) is 0 Å². The quantitative estimate of drug-likeness (QED) is 0.755. The molecule has 2 heterocycles. The maximum Gasteiger partial charge on any atom is 0.155 e. The average molecular weight is 312 g/mol. The second-order valence-corrected chi connectivity index (χ2v) is 6.58. The first-order valence-corrected chi connectivity index (χ1v) is 8.12. The third-order valence-electron chi connectivity index (χ3n) is 4.49. The van der Waals surface area contributed by atoms with E-state index in [2.05, 4.69) is 48.2 Å². The van der Waals surface area contributed by atoms with Gasteiger partial charge in [-0.2, -0.15) is 14.7 Å². The van der Waals surface area contributed by atoms with Gasteiger partial charge >= 0.3 is 0 Å². The number of ether oxygens (including phenoxy) is 1. The minimum Gasteiger partial charge on any atom is -0.493 e. The molecule has 0 atom stereocenters. The lowest BCUT2D eigenvalue weighted by Gasteiger charge is -2.23. The van der Waals surface area contributed by atoms with Gasteiger partial charge < -0.3 is 4.74 Å². The molecule has 0 aliphatic carbocycles. The minimum absolute atomic E-state index is 0.205. The van der Waals surface area contributed by atoms with E-state index < -0.39 is 0 Å². The maximum atomic E-state index is 5.84. The number of nitrogens with zero attached hydrogens (tertiary/aromatic N) is 3. The second-order valence-electron chi connectivity index (χ2n) is 6.58. The van der Waals surface area contributed by atoms with Crippen LogP contribution in [-0.2, 0) is 11.8 Å². The molecule has 1 N–H and O–H groups in total. The predicted octanol–water partition coefficient (Wildman–Crippen LogP) is 3.67. The molecule has 0 radical (unpaired) electrons. The van der Waals surface area contributed by atoms with Gasteiger partial charge in [0.1, 0.15) is 5.75 Å². The molecule has 3 rings (SSSR count). The third-order valence-corrected chi connectivity index (χ3v) is 4.49. The van der Waals surface area contributed by atoms with Crippen molar-refractivity contribution in [2.24, 2.45) is 0 Å². The molecule has 0 saturated carbocycles. The van der Waals surface area contributed by atoms with Crippen LogP contribution in [0.2, 0.25) is 0 Å². The molecule has 0 unspecified atom stereocenters. The van der Waals surface area contributed by atoms with Gasteiger partial charge in [0.2, 0.25) is 0 Å². The molecular formula is C18H24N4O. The molecule has 2 aromatic heterocycles. The Hall–Kier alpha value is -2.30. The molecule has 0 bridgehead atoms. The van der Waals surface area contributed by atoms with Crippen molar-refractivity contribution in [1.29, 1.82) is 0 Å². The summed E-state index contributed by atoms with van der Waals surface area (Å²) >= 11 is 0. The van der Waals surface area contributed by atoms with E-state index in [0.717, 1.165) is 29.3 Å². The van der Waals surface area contributed by atoms with Crippen molar-refractivity contribution < 1.29 is 4.74 Å². The fraction of sp³-hybridized carbons (Fsp3) is 0.444. The fourth-order valence-corrected chi connectivity index (χ4v) is 2.57. The van der Waals surface area contributed by atoms with Crippen molar-refractivity contribution in [2.45, 2.75) is 46.0 Å². The van der Waals surface area contributed by atoms with E-state index in [9.17, 15) is 0 Å². The minimum atomic E-state index is 0.205. The monoisotopic (exact) mass is 312 g/mol. The molecule has 23 heavy (non-hydrogen) atoms. The highest BCUT2D eigenvalue weighted by molar-refractivity contribution is 5.38. The summed E-state index contributed by atoms with van der Waals surface area (Å²) in [5, 5.41) is 11.7. The van der Waals surface area contributed by atoms with Crippen molar-refractivity contribution in [1.82, 2.24) is 19.8 Å².